The summed E-state index contributed by atoms with van der Waals surface area (Å²) >= 11 is 1.87. The highest BCUT2D eigenvalue weighted by Gasteiger charge is 2.35. The van der Waals surface area contributed by atoms with Crippen LogP contribution < -0.4 is 5.32 Å². The van der Waals surface area contributed by atoms with Crippen LogP contribution in [-0.2, 0) is 0 Å². The van der Waals surface area contributed by atoms with Gasteiger partial charge < -0.3 is 10.2 Å². The van der Waals surface area contributed by atoms with E-state index >= 15 is 0 Å². The number of guanidine groups is 1. The van der Waals surface area contributed by atoms with Crippen LogP contribution in [0.2, 0.25) is 0 Å². The minimum absolute atomic E-state index is 0.355. The van der Waals surface area contributed by atoms with Gasteiger partial charge in [0, 0.05) is 16.3 Å². The van der Waals surface area contributed by atoms with Crippen molar-refractivity contribution in [3.05, 3.63) is 21.9 Å². The molecule has 3 heterocycles. The summed E-state index contributed by atoms with van der Waals surface area (Å²) in [6, 6.07) is 5.41. The van der Waals surface area contributed by atoms with Crippen molar-refractivity contribution in [2.24, 2.45) is 10.9 Å². The number of hydrogen-bond acceptors (Lipinski definition) is 4. The van der Waals surface area contributed by atoms with Gasteiger partial charge in [-0.2, -0.15) is 0 Å². The molecule has 0 aliphatic carbocycles. The molecular formula is C15H23N3S. The largest absolute Gasteiger partial charge is 0.349 e. The first-order chi connectivity index (χ1) is 9.15. The lowest BCUT2D eigenvalue weighted by Crippen LogP contribution is -2.49. The van der Waals surface area contributed by atoms with E-state index in [1.807, 2.05) is 11.3 Å². The van der Waals surface area contributed by atoms with E-state index in [1.165, 1.54) is 22.6 Å². The van der Waals surface area contributed by atoms with Crippen molar-refractivity contribution in [3.8, 4) is 0 Å². The fourth-order valence-electron chi connectivity index (χ4n) is 3.14. The summed E-state index contributed by atoms with van der Waals surface area (Å²) < 4.78 is 0. The molecule has 3 atom stereocenters. The summed E-state index contributed by atoms with van der Waals surface area (Å²) in [5, 5.41) is 3.61. The Labute approximate surface area is 119 Å². The van der Waals surface area contributed by atoms with Crippen molar-refractivity contribution in [3.63, 3.8) is 0 Å². The topological polar surface area (TPSA) is 27.6 Å². The van der Waals surface area contributed by atoms with Gasteiger partial charge in [-0.3, -0.25) is 4.99 Å². The van der Waals surface area contributed by atoms with Crippen molar-refractivity contribution in [1.29, 1.82) is 0 Å². The molecule has 0 aromatic carbocycles. The molecule has 104 valence electrons. The van der Waals surface area contributed by atoms with Gasteiger partial charge in [0.15, 0.2) is 5.96 Å². The molecule has 3 nitrogen and oxygen atoms in total. The Hall–Kier alpha value is -1.03. The lowest BCUT2D eigenvalue weighted by molar-refractivity contribution is 0.194. The van der Waals surface area contributed by atoms with Gasteiger partial charge in [-0.25, -0.2) is 0 Å². The van der Waals surface area contributed by atoms with Gasteiger partial charge in [-0.15, -0.1) is 11.3 Å². The molecule has 3 rings (SSSR count). The predicted octanol–water partition coefficient (Wildman–Crippen LogP) is 3.18. The average Bonchev–Trinajstić information content (AvgIpc) is 2.98. The van der Waals surface area contributed by atoms with Crippen molar-refractivity contribution in [1.82, 2.24) is 10.2 Å². The molecule has 1 saturated heterocycles. The van der Waals surface area contributed by atoms with Crippen molar-refractivity contribution in [2.75, 3.05) is 13.1 Å². The number of nitrogens with one attached hydrogen (secondary N) is 1. The van der Waals surface area contributed by atoms with E-state index in [9.17, 15) is 0 Å². The number of thiophene rings is 1. The Bertz CT molecular complexity index is 479. The number of hydrogen-bond donors (Lipinski definition) is 1. The maximum Gasteiger partial charge on any atom is 0.194 e. The van der Waals surface area contributed by atoms with Crippen LogP contribution in [0.1, 0.15) is 42.5 Å². The summed E-state index contributed by atoms with van der Waals surface area (Å²) in [4.78, 5) is 10.0. The molecule has 0 bridgehead atoms. The Morgan fingerprint density at radius 1 is 1.47 bits per heavy atom. The molecule has 2 aliphatic rings. The highest BCUT2D eigenvalue weighted by atomic mass is 32.1. The van der Waals surface area contributed by atoms with E-state index < -0.39 is 0 Å². The average molecular weight is 277 g/mol. The number of rotatable bonds is 2. The number of aliphatic imine (C=N–C) groups is 1. The van der Waals surface area contributed by atoms with E-state index in [0.717, 1.165) is 25.0 Å². The van der Waals surface area contributed by atoms with Gasteiger partial charge in [0.25, 0.3) is 0 Å². The maximum atomic E-state index is 4.74. The van der Waals surface area contributed by atoms with Crippen LogP contribution in [0.15, 0.2) is 17.1 Å². The van der Waals surface area contributed by atoms with Gasteiger partial charge in [-0.05, 0) is 44.7 Å². The summed E-state index contributed by atoms with van der Waals surface area (Å²) in [5.41, 5.74) is 0. The van der Waals surface area contributed by atoms with Crippen LogP contribution in [0.3, 0.4) is 0 Å². The van der Waals surface area contributed by atoms with Gasteiger partial charge in [0.05, 0.1) is 18.6 Å². The third-order valence-corrected chi connectivity index (χ3v) is 5.53. The number of piperidine rings is 1. The summed E-state index contributed by atoms with van der Waals surface area (Å²) in [5.74, 6) is 1.89. The lowest BCUT2D eigenvalue weighted by atomic mass is 9.92. The molecule has 1 N–H and O–H groups in total. The van der Waals surface area contributed by atoms with E-state index in [0.29, 0.717) is 12.1 Å². The van der Waals surface area contributed by atoms with Crippen LogP contribution in [0.4, 0.5) is 0 Å². The van der Waals surface area contributed by atoms with Crippen molar-refractivity contribution < 1.29 is 0 Å². The fourth-order valence-corrected chi connectivity index (χ4v) is 4.02. The number of nitrogens with zero attached hydrogens (tertiary/aromatic N) is 2. The molecular weight excluding hydrogens is 254 g/mol. The molecule has 2 aliphatic heterocycles. The molecule has 4 heteroatoms. The Balaban J connectivity index is 1.67. The normalized spacial score (nSPS) is 27.9. The van der Waals surface area contributed by atoms with E-state index in [2.05, 4.69) is 43.1 Å². The lowest BCUT2D eigenvalue weighted by Gasteiger charge is -2.37. The molecule has 1 fully saturated rings. The number of fused-ring (bicyclic) bond motifs is 1. The van der Waals surface area contributed by atoms with Crippen LogP contribution >= 0.6 is 11.3 Å². The molecule has 0 amide bonds. The molecule has 0 radical (unpaired) electrons. The third kappa shape index (κ3) is 2.50. The van der Waals surface area contributed by atoms with Crippen LogP contribution in [0, 0.1) is 12.8 Å². The second kappa shape index (κ2) is 5.16. The minimum atomic E-state index is 0.355. The zero-order valence-corrected chi connectivity index (χ0v) is 12.8. The minimum Gasteiger partial charge on any atom is -0.349 e. The number of aryl methyl sites for hydroxylation is 1. The second-order valence-corrected chi connectivity index (χ2v) is 7.18. The first-order valence-corrected chi connectivity index (χ1v) is 8.11. The summed E-state index contributed by atoms with van der Waals surface area (Å²) in [6.07, 6.45) is 2.65. The summed E-state index contributed by atoms with van der Waals surface area (Å²) in [6.45, 7) is 8.89. The van der Waals surface area contributed by atoms with Crippen molar-refractivity contribution >= 4 is 17.3 Å². The summed E-state index contributed by atoms with van der Waals surface area (Å²) in [7, 11) is 0. The highest BCUT2D eigenvalue weighted by molar-refractivity contribution is 7.12. The Kier molecular flexibility index (Phi) is 3.52. The van der Waals surface area contributed by atoms with Crippen LogP contribution in [0.5, 0.6) is 0 Å². The van der Waals surface area contributed by atoms with Crippen LogP contribution in [0.25, 0.3) is 0 Å². The second-order valence-electron chi connectivity index (χ2n) is 5.86. The van der Waals surface area contributed by atoms with Crippen LogP contribution in [-0.4, -0.2) is 30.0 Å². The van der Waals surface area contributed by atoms with E-state index in [4.69, 9.17) is 4.99 Å². The predicted molar refractivity (Wildman–Crippen MR) is 81.8 cm³/mol. The smallest absolute Gasteiger partial charge is 0.194 e. The zero-order chi connectivity index (χ0) is 13.4. The van der Waals surface area contributed by atoms with Gasteiger partial charge in [-0.1, -0.05) is 6.92 Å². The van der Waals surface area contributed by atoms with Gasteiger partial charge in [0.2, 0.25) is 0 Å². The van der Waals surface area contributed by atoms with Gasteiger partial charge >= 0.3 is 0 Å². The Morgan fingerprint density at radius 3 is 3.05 bits per heavy atom. The SMILES string of the molecule is Cc1ccc(C(C)NC2=NCC3C(C)CCCN23)s1. The Morgan fingerprint density at radius 2 is 2.32 bits per heavy atom. The van der Waals surface area contributed by atoms with Gasteiger partial charge in [0.1, 0.15) is 0 Å². The van der Waals surface area contributed by atoms with E-state index in [1.54, 1.807) is 0 Å². The monoisotopic (exact) mass is 277 g/mol. The maximum absolute atomic E-state index is 4.74. The van der Waals surface area contributed by atoms with Crippen molar-refractivity contribution in [2.45, 2.75) is 45.7 Å². The molecule has 1 aromatic rings. The molecule has 3 unspecified atom stereocenters. The highest BCUT2D eigenvalue weighted by Crippen LogP contribution is 2.28. The fraction of sp³-hybridized carbons (Fsp3) is 0.667. The third-order valence-electron chi connectivity index (χ3n) is 4.35. The van der Waals surface area contributed by atoms with E-state index in [-0.39, 0.29) is 0 Å². The first-order valence-electron chi connectivity index (χ1n) is 7.29. The zero-order valence-electron chi connectivity index (χ0n) is 12.0. The standard InChI is InChI=1S/C15H23N3S/c1-10-5-4-8-18-13(10)9-16-15(18)17-12(3)14-7-6-11(2)19-14/h6-7,10,12-13H,4-5,8-9H2,1-3H3,(H,16,17). The molecule has 0 saturated carbocycles. The quantitative estimate of drug-likeness (QED) is 0.899. The molecule has 1 aromatic heterocycles. The first kappa shape index (κ1) is 13.0. The molecule has 0 spiro atoms. The molecule has 19 heavy (non-hydrogen) atoms.